The summed E-state index contributed by atoms with van der Waals surface area (Å²) in [7, 11) is 1.78. The Morgan fingerprint density at radius 2 is 2.07 bits per heavy atom. The summed E-state index contributed by atoms with van der Waals surface area (Å²) in [5.74, 6) is 0.945. The van der Waals surface area contributed by atoms with Crippen LogP contribution in [0.25, 0.3) is 0 Å². The van der Waals surface area contributed by atoms with E-state index < -0.39 is 0 Å². The Hall–Kier alpha value is -0.0800. The molecule has 0 radical (unpaired) electrons. The van der Waals surface area contributed by atoms with Gasteiger partial charge in [0.2, 0.25) is 0 Å². The molecule has 0 spiro atoms. The molecule has 0 N–H and O–H groups in total. The lowest BCUT2D eigenvalue weighted by atomic mass is 10.0. The predicted octanol–water partition coefficient (Wildman–Crippen LogP) is 2.78. The van der Waals surface area contributed by atoms with Gasteiger partial charge in [-0.05, 0) is 38.3 Å². The molecule has 0 aromatic carbocycles. The Balaban J connectivity index is 0.000000791. The second-order valence-corrected chi connectivity index (χ2v) is 3.68. The Morgan fingerprint density at radius 3 is 2.57 bits per heavy atom. The Morgan fingerprint density at radius 1 is 1.36 bits per heavy atom. The minimum absolute atomic E-state index is 0.933. The quantitative estimate of drug-likeness (QED) is 0.634. The third kappa shape index (κ3) is 5.61. The summed E-state index contributed by atoms with van der Waals surface area (Å²) in [5.41, 5.74) is 0. The number of methoxy groups -OCH3 is 1. The van der Waals surface area contributed by atoms with Gasteiger partial charge in [0.25, 0.3) is 0 Å². The molecule has 1 unspecified atom stereocenters. The monoisotopic (exact) mass is 201 g/mol. The van der Waals surface area contributed by atoms with Gasteiger partial charge in [-0.15, -0.1) is 0 Å². The number of likely N-dealkylation sites (tertiary alicyclic amines) is 1. The van der Waals surface area contributed by atoms with Crippen LogP contribution in [0.3, 0.4) is 0 Å². The van der Waals surface area contributed by atoms with Crippen molar-refractivity contribution in [3.8, 4) is 0 Å². The van der Waals surface area contributed by atoms with Crippen LogP contribution in [0.4, 0.5) is 0 Å². The Kier molecular flexibility index (Phi) is 9.42. The summed E-state index contributed by atoms with van der Waals surface area (Å²) in [4.78, 5) is 2.54. The normalized spacial score (nSPS) is 21.9. The van der Waals surface area contributed by atoms with Gasteiger partial charge >= 0.3 is 0 Å². The van der Waals surface area contributed by atoms with E-state index in [2.05, 4.69) is 11.8 Å². The molecule has 1 heterocycles. The number of rotatable bonds is 5. The van der Waals surface area contributed by atoms with E-state index in [9.17, 15) is 0 Å². The standard InChI is InChI=1S/C10H21NO.C2H6/c1-3-11-7-6-10(9-11)5-4-8-12-2;1-2/h10H,3-9H2,1-2H3;1-2H3. The molecule has 0 bridgehead atoms. The average Bonchev–Trinajstić information content (AvgIpc) is 2.69. The van der Waals surface area contributed by atoms with Crippen molar-refractivity contribution >= 4 is 0 Å². The van der Waals surface area contributed by atoms with Gasteiger partial charge in [0.15, 0.2) is 0 Å². The lowest BCUT2D eigenvalue weighted by Crippen LogP contribution is -2.19. The topological polar surface area (TPSA) is 12.5 Å². The average molecular weight is 201 g/mol. The summed E-state index contributed by atoms with van der Waals surface area (Å²) in [6, 6.07) is 0. The van der Waals surface area contributed by atoms with Crippen molar-refractivity contribution in [1.82, 2.24) is 4.90 Å². The molecule has 0 aliphatic carbocycles. The summed E-state index contributed by atoms with van der Waals surface area (Å²) in [6.45, 7) is 11.0. The molecule has 1 fully saturated rings. The van der Waals surface area contributed by atoms with Crippen LogP contribution in [0.15, 0.2) is 0 Å². The van der Waals surface area contributed by atoms with Crippen LogP contribution in [0.1, 0.15) is 40.0 Å². The molecule has 86 valence electrons. The van der Waals surface area contributed by atoms with E-state index in [0.29, 0.717) is 0 Å². The van der Waals surface area contributed by atoms with E-state index >= 15 is 0 Å². The minimum Gasteiger partial charge on any atom is -0.385 e. The van der Waals surface area contributed by atoms with Gasteiger partial charge in [0, 0.05) is 20.3 Å². The zero-order valence-electron chi connectivity index (χ0n) is 10.4. The maximum absolute atomic E-state index is 5.04. The van der Waals surface area contributed by atoms with Gasteiger partial charge in [0.1, 0.15) is 0 Å². The second kappa shape index (κ2) is 9.47. The van der Waals surface area contributed by atoms with E-state index in [1.165, 1.54) is 38.9 Å². The second-order valence-electron chi connectivity index (χ2n) is 3.68. The van der Waals surface area contributed by atoms with Crippen LogP contribution in [0, 0.1) is 5.92 Å². The molecule has 0 aromatic heterocycles. The van der Waals surface area contributed by atoms with Crippen molar-refractivity contribution in [3.63, 3.8) is 0 Å². The summed E-state index contributed by atoms with van der Waals surface area (Å²) in [5, 5.41) is 0. The zero-order valence-corrected chi connectivity index (χ0v) is 10.4. The maximum atomic E-state index is 5.04. The molecular formula is C12H27NO. The van der Waals surface area contributed by atoms with Crippen molar-refractivity contribution in [3.05, 3.63) is 0 Å². The van der Waals surface area contributed by atoms with Crippen LogP contribution in [0.5, 0.6) is 0 Å². The third-order valence-corrected chi connectivity index (χ3v) is 2.78. The zero-order chi connectivity index (χ0) is 10.8. The van der Waals surface area contributed by atoms with Gasteiger partial charge in [-0.3, -0.25) is 0 Å². The van der Waals surface area contributed by atoms with Crippen molar-refractivity contribution in [2.75, 3.05) is 33.4 Å². The fraction of sp³-hybridized carbons (Fsp3) is 1.00. The molecule has 2 nitrogen and oxygen atoms in total. The summed E-state index contributed by atoms with van der Waals surface area (Å²) >= 11 is 0. The van der Waals surface area contributed by atoms with Crippen LogP contribution >= 0.6 is 0 Å². The SMILES string of the molecule is CC.CCN1CCC(CCCOC)C1. The van der Waals surface area contributed by atoms with Crippen LogP contribution in [0.2, 0.25) is 0 Å². The molecule has 0 saturated carbocycles. The number of ether oxygens (including phenoxy) is 1. The first-order valence-electron chi connectivity index (χ1n) is 6.08. The minimum atomic E-state index is 0.933. The number of nitrogens with zero attached hydrogens (tertiary/aromatic N) is 1. The Labute approximate surface area is 89.6 Å². The first-order valence-corrected chi connectivity index (χ1v) is 6.08. The van der Waals surface area contributed by atoms with E-state index in [4.69, 9.17) is 4.74 Å². The van der Waals surface area contributed by atoms with E-state index in [-0.39, 0.29) is 0 Å². The van der Waals surface area contributed by atoms with Gasteiger partial charge in [-0.2, -0.15) is 0 Å². The first kappa shape index (κ1) is 13.9. The van der Waals surface area contributed by atoms with Gasteiger partial charge < -0.3 is 9.64 Å². The highest BCUT2D eigenvalue weighted by molar-refractivity contribution is 4.74. The van der Waals surface area contributed by atoms with Gasteiger partial charge in [-0.1, -0.05) is 20.8 Å². The molecule has 1 aliphatic rings. The fourth-order valence-corrected chi connectivity index (χ4v) is 1.95. The number of hydrogen-bond donors (Lipinski definition) is 0. The largest absolute Gasteiger partial charge is 0.385 e. The molecule has 1 rings (SSSR count). The predicted molar refractivity (Wildman–Crippen MR) is 62.7 cm³/mol. The molecule has 1 saturated heterocycles. The van der Waals surface area contributed by atoms with E-state index in [1.54, 1.807) is 7.11 Å². The summed E-state index contributed by atoms with van der Waals surface area (Å²) < 4.78 is 5.04. The van der Waals surface area contributed by atoms with Gasteiger partial charge in [0.05, 0.1) is 0 Å². The Bertz CT molecular complexity index is 117. The van der Waals surface area contributed by atoms with Crippen molar-refractivity contribution in [2.24, 2.45) is 5.92 Å². The molecule has 1 atom stereocenters. The number of hydrogen-bond acceptors (Lipinski definition) is 2. The van der Waals surface area contributed by atoms with Gasteiger partial charge in [-0.25, -0.2) is 0 Å². The molecule has 1 aliphatic heterocycles. The van der Waals surface area contributed by atoms with Crippen LogP contribution in [-0.2, 0) is 4.74 Å². The van der Waals surface area contributed by atoms with Crippen molar-refractivity contribution in [2.45, 2.75) is 40.0 Å². The highest BCUT2D eigenvalue weighted by Crippen LogP contribution is 2.20. The highest BCUT2D eigenvalue weighted by atomic mass is 16.5. The molecule has 0 aromatic rings. The lowest BCUT2D eigenvalue weighted by Gasteiger charge is -2.12. The molecule has 14 heavy (non-hydrogen) atoms. The van der Waals surface area contributed by atoms with E-state index in [1.807, 2.05) is 13.8 Å². The highest BCUT2D eigenvalue weighted by Gasteiger charge is 2.19. The smallest absolute Gasteiger partial charge is 0.0462 e. The molecular weight excluding hydrogens is 174 g/mol. The third-order valence-electron chi connectivity index (χ3n) is 2.78. The fourth-order valence-electron chi connectivity index (χ4n) is 1.95. The van der Waals surface area contributed by atoms with Crippen molar-refractivity contribution in [1.29, 1.82) is 0 Å². The summed E-state index contributed by atoms with van der Waals surface area (Å²) in [6.07, 6.45) is 3.99. The maximum Gasteiger partial charge on any atom is 0.0462 e. The first-order chi connectivity index (χ1) is 6.86. The van der Waals surface area contributed by atoms with Crippen LogP contribution in [-0.4, -0.2) is 38.3 Å². The van der Waals surface area contributed by atoms with Crippen molar-refractivity contribution < 1.29 is 4.74 Å². The van der Waals surface area contributed by atoms with Crippen LogP contribution < -0.4 is 0 Å². The lowest BCUT2D eigenvalue weighted by molar-refractivity contribution is 0.186. The molecule has 2 heteroatoms. The van der Waals surface area contributed by atoms with E-state index in [0.717, 1.165) is 12.5 Å². The molecule has 0 amide bonds.